The maximum atomic E-state index is 13.0. The average Bonchev–Trinajstić information content (AvgIpc) is 3.52. The van der Waals surface area contributed by atoms with Crippen molar-refractivity contribution in [3.05, 3.63) is 59.7 Å². The highest BCUT2D eigenvalue weighted by molar-refractivity contribution is 5.82. The van der Waals surface area contributed by atoms with Crippen LogP contribution in [0, 0.1) is 11.3 Å². The number of ether oxygens (including phenoxy) is 1. The number of hydrogen-bond acceptors (Lipinski definition) is 4. The first kappa shape index (κ1) is 23.4. The van der Waals surface area contributed by atoms with Crippen LogP contribution in [0.3, 0.4) is 0 Å². The van der Waals surface area contributed by atoms with E-state index in [1.165, 1.54) is 11.1 Å². The van der Waals surface area contributed by atoms with Gasteiger partial charge in [-0.05, 0) is 47.4 Å². The molecule has 1 heterocycles. The van der Waals surface area contributed by atoms with Gasteiger partial charge in [0.25, 0.3) is 0 Å². The Hall–Kier alpha value is -3.35. The van der Waals surface area contributed by atoms with Gasteiger partial charge in [0, 0.05) is 31.5 Å². The summed E-state index contributed by atoms with van der Waals surface area (Å²) >= 11 is 0. The van der Waals surface area contributed by atoms with Crippen LogP contribution >= 0.6 is 0 Å². The maximum absolute atomic E-state index is 13.0. The molecule has 184 valence electrons. The van der Waals surface area contributed by atoms with Crippen molar-refractivity contribution in [2.75, 3.05) is 19.7 Å². The molecule has 3 aliphatic rings. The third-order valence-electron chi connectivity index (χ3n) is 8.23. The van der Waals surface area contributed by atoms with Crippen LogP contribution in [0.5, 0.6) is 0 Å². The Morgan fingerprint density at radius 1 is 1.11 bits per heavy atom. The number of amides is 2. The van der Waals surface area contributed by atoms with E-state index in [-0.39, 0.29) is 43.4 Å². The molecule has 35 heavy (non-hydrogen) atoms. The fourth-order valence-corrected chi connectivity index (χ4v) is 6.27. The van der Waals surface area contributed by atoms with Crippen LogP contribution in [-0.2, 0) is 14.3 Å². The van der Waals surface area contributed by atoms with Gasteiger partial charge in [-0.3, -0.25) is 9.59 Å². The van der Waals surface area contributed by atoms with Gasteiger partial charge in [-0.15, -0.1) is 0 Å². The Morgan fingerprint density at radius 3 is 2.37 bits per heavy atom. The minimum Gasteiger partial charge on any atom is -0.481 e. The van der Waals surface area contributed by atoms with E-state index in [0.717, 1.165) is 24.0 Å². The molecule has 0 aromatic heterocycles. The van der Waals surface area contributed by atoms with Gasteiger partial charge in [0.2, 0.25) is 5.91 Å². The van der Waals surface area contributed by atoms with E-state index >= 15 is 0 Å². The Labute approximate surface area is 205 Å². The van der Waals surface area contributed by atoms with Crippen molar-refractivity contribution < 1.29 is 24.2 Å². The summed E-state index contributed by atoms with van der Waals surface area (Å²) in [7, 11) is 0. The van der Waals surface area contributed by atoms with Gasteiger partial charge in [-0.1, -0.05) is 61.9 Å². The van der Waals surface area contributed by atoms with E-state index in [1.807, 2.05) is 31.2 Å². The fourth-order valence-electron chi connectivity index (χ4n) is 6.27. The van der Waals surface area contributed by atoms with Gasteiger partial charge in [-0.2, -0.15) is 0 Å². The van der Waals surface area contributed by atoms with Crippen LogP contribution in [0.25, 0.3) is 11.1 Å². The molecule has 7 heteroatoms. The van der Waals surface area contributed by atoms with E-state index in [0.29, 0.717) is 19.4 Å². The first-order chi connectivity index (χ1) is 16.9. The number of alkyl carbamates (subject to hydrolysis) is 1. The Kier molecular flexibility index (Phi) is 6.26. The Morgan fingerprint density at radius 2 is 1.77 bits per heavy atom. The second kappa shape index (κ2) is 9.36. The number of likely N-dealkylation sites (tertiary alicyclic amines) is 1. The lowest BCUT2D eigenvalue weighted by atomic mass is 9.81. The van der Waals surface area contributed by atoms with Crippen molar-refractivity contribution in [2.24, 2.45) is 11.3 Å². The predicted octanol–water partition coefficient (Wildman–Crippen LogP) is 4.41. The number of carboxylic acids is 1. The van der Waals surface area contributed by atoms with Crippen LogP contribution in [0.1, 0.15) is 56.1 Å². The molecule has 0 spiro atoms. The zero-order valence-corrected chi connectivity index (χ0v) is 20.0. The molecule has 1 saturated heterocycles. The lowest BCUT2D eigenvalue weighted by Gasteiger charge is -2.24. The number of carboxylic acid groups (broad SMARTS) is 1. The lowest BCUT2D eigenvalue weighted by Crippen LogP contribution is -2.41. The largest absolute Gasteiger partial charge is 0.481 e. The molecule has 1 saturated carbocycles. The molecule has 2 N–H and O–H groups in total. The highest BCUT2D eigenvalue weighted by Crippen LogP contribution is 2.49. The molecule has 7 nitrogen and oxygen atoms in total. The zero-order chi connectivity index (χ0) is 24.6. The molecule has 2 aromatic rings. The molecule has 3 atom stereocenters. The summed E-state index contributed by atoms with van der Waals surface area (Å²) in [5, 5.41) is 12.6. The summed E-state index contributed by atoms with van der Waals surface area (Å²) in [6.07, 6.45) is 2.57. The molecular weight excluding hydrogens is 444 g/mol. The minimum absolute atomic E-state index is 0.0222. The van der Waals surface area contributed by atoms with Gasteiger partial charge < -0.3 is 20.1 Å². The third kappa shape index (κ3) is 4.17. The molecule has 2 aromatic carbocycles. The van der Waals surface area contributed by atoms with Crippen LogP contribution < -0.4 is 5.32 Å². The maximum Gasteiger partial charge on any atom is 0.407 e. The highest BCUT2D eigenvalue weighted by Gasteiger charge is 2.55. The predicted molar refractivity (Wildman–Crippen MR) is 131 cm³/mol. The molecule has 2 fully saturated rings. The van der Waals surface area contributed by atoms with E-state index in [4.69, 9.17) is 4.74 Å². The number of nitrogens with one attached hydrogen (secondary N) is 1. The van der Waals surface area contributed by atoms with Crippen LogP contribution in [-0.4, -0.2) is 53.7 Å². The van der Waals surface area contributed by atoms with Crippen LogP contribution in [0.15, 0.2) is 48.5 Å². The highest BCUT2D eigenvalue weighted by atomic mass is 16.5. The van der Waals surface area contributed by atoms with Gasteiger partial charge in [0.1, 0.15) is 6.61 Å². The second-order valence-electron chi connectivity index (χ2n) is 10.1. The topological polar surface area (TPSA) is 95.9 Å². The summed E-state index contributed by atoms with van der Waals surface area (Å²) in [5.74, 6) is -0.893. The van der Waals surface area contributed by atoms with Crippen molar-refractivity contribution in [1.82, 2.24) is 10.2 Å². The second-order valence-corrected chi connectivity index (χ2v) is 10.1. The van der Waals surface area contributed by atoms with Crippen molar-refractivity contribution in [3.8, 4) is 11.1 Å². The molecule has 1 aliphatic heterocycles. The molecule has 2 amide bonds. The number of carbonyl (C=O) groups excluding carboxylic acids is 2. The summed E-state index contributed by atoms with van der Waals surface area (Å²) in [6.45, 7) is 2.90. The van der Waals surface area contributed by atoms with Gasteiger partial charge in [0.05, 0.1) is 5.41 Å². The number of aliphatic carboxylic acids is 1. The van der Waals surface area contributed by atoms with E-state index in [2.05, 4.69) is 29.6 Å². The molecule has 2 aliphatic carbocycles. The number of hydrogen-bond donors (Lipinski definition) is 2. The Balaban J connectivity index is 1.17. The fraction of sp³-hybridized carbons (Fsp3) is 0.464. The van der Waals surface area contributed by atoms with Gasteiger partial charge in [-0.25, -0.2) is 4.79 Å². The summed E-state index contributed by atoms with van der Waals surface area (Å²) in [6, 6.07) is 16.0. The van der Waals surface area contributed by atoms with E-state index in [9.17, 15) is 19.5 Å². The van der Waals surface area contributed by atoms with Crippen molar-refractivity contribution in [1.29, 1.82) is 0 Å². The zero-order valence-electron chi connectivity index (χ0n) is 20.0. The van der Waals surface area contributed by atoms with Crippen LogP contribution in [0.4, 0.5) is 4.79 Å². The monoisotopic (exact) mass is 476 g/mol. The average molecular weight is 477 g/mol. The van der Waals surface area contributed by atoms with E-state index in [1.54, 1.807) is 4.90 Å². The lowest BCUT2D eigenvalue weighted by molar-refractivity contribution is -0.149. The molecule has 5 rings (SSSR count). The molecular formula is C28H32N2O5. The van der Waals surface area contributed by atoms with Gasteiger partial charge in [0.15, 0.2) is 0 Å². The number of benzene rings is 2. The van der Waals surface area contributed by atoms with Crippen molar-refractivity contribution in [3.63, 3.8) is 0 Å². The standard InChI is InChI=1S/C28H32N2O5/c1-2-19(14-25(31)30-15-18-8-7-13-28(18,17-30)26(32)33)29-27(34)35-16-24-22-11-5-3-9-20(22)21-10-4-6-12-23(21)24/h3-6,9-12,18-19,24H,2,7-8,13-17H2,1H3,(H,29,34)(H,32,33)/t18-,19+,28-/m0/s1. The first-order valence-electron chi connectivity index (χ1n) is 12.6. The Bertz CT molecular complexity index is 1100. The summed E-state index contributed by atoms with van der Waals surface area (Å²) < 4.78 is 5.63. The van der Waals surface area contributed by atoms with Gasteiger partial charge >= 0.3 is 12.1 Å². The summed E-state index contributed by atoms with van der Waals surface area (Å²) in [4.78, 5) is 39.2. The molecule has 0 unspecified atom stereocenters. The molecule has 0 bridgehead atoms. The summed E-state index contributed by atoms with van der Waals surface area (Å²) in [5.41, 5.74) is 3.84. The third-order valence-corrected chi connectivity index (χ3v) is 8.23. The normalized spacial score (nSPS) is 23.3. The quantitative estimate of drug-likeness (QED) is 0.617. The first-order valence-corrected chi connectivity index (χ1v) is 12.6. The SMILES string of the molecule is CC[C@H](CC(=O)N1C[C@@H]2CCC[C@]2(C(=O)O)C1)NC(=O)OCC1c2ccccc2-c2ccccc21. The van der Waals surface area contributed by atoms with Crippen LogP contribution in [0.2, 0.25) is 0 Å². The number of fused-ring (bicyclic) bond motifs is 4. The van der Waals surface area contributed by atoms with E-state index < -0.39 is 17.5 Å². The van der Waals surface area contributed by atoms with Crippen molar-refractivity contribution >= 4 is 18.0 Å². The number of carbonyl (C=O) groups is 3. The van der Waals surface area contributed by atoms with Crippen molar-refractivity contribution in [2.45, 2.75) is 51.0 Å². The number of rotatable bonds is 7. The smallest absolute Gasteiger partial charge is 0.407 e. The number of nitrogens with zero attached hydrogens (tertiary/aromatic N) is 1. The molecule has 0 radical (unpaired) electrons. The minimum atomic E-state index is -0.794.